The molecule has 0 atom stereocenters. The third-order valence-corrected chi connectivity index (χ3v) is 4.97. The maximum atomic E-state index is 12.4. The average Bonchev–Trinajstić information content (AvgIpc) is 3.06. The molecule has 2 heterocycles. The third-order valence-electron chi connectivity index (χ3n) is 3.58. The predicted octanol–water partition coefficient (Wildman–Crippen LogP) is 3.26. The Bertz CT molecular complexity index is 873. The van der Waals surface area contributed by atoms with Crippen molar-refractivity contribution in [3.05, 3.63) is 27.9 Å². The summed E-state index contributed by atoms with van der Waals surface area (Å²) in [5, 5.41) is 11.0. The van der Waals surface area contributed by atoms with E-state index in [1.807, 2.05) is 14.0 Å². The first kappa shape index (κ1) is 20.8. The highest BCUT2D eigenvalue weighted by Crippen LogP contribution is 2.34. The van der Waals surface area contributed by atoms with Crippen molar-refractivity contribution < 1.29 is 19.1 Å². The first-order valence-electron chi connectivity index (χ1n) is 8.34. The molecule has 2 aromatic rings. The lowest BCUT2D eigenvalue weighted by molar-refractivity contribution is 0.0527. The number of esters is 2. The monoisotopic (exact) mass is 410 g/mol. The molecule has 0 aliphatic heterocycles. The SMILES string of the molecule is CCOC(=O)c1sc(NC(=S)Nc2cn(C)nc2C)c(C(=O)OCC)c1C. The van der Waals surface area contributed by atoms with Gasteiger partial charge in [-0.25, -0.2) is 9.59 Å². The highest BCUT2D eigenvalue weighted by molar-refractivity contribution is 7.80. The van der Waals surface area contributed by atoms with Crippen LogP contribution in [0.5, 0.6) is 0 Å². The fourth-order valence-electron chi connectivity index (χ4n) is 2.42. The maximum absolute atomic E-state index is 12.4. The van der Waals surface area contributed by atoms with E-state index >= 15 is 0 Å². The Morgan fingerprint density at radius 2 is 1.81 bits per heavy atom. The van der Waals surface area contributed by atoms with Gasteiger partial charge in [0.25, 0.3) is 0 Å². The lowest BCUT2D eigenvalue weighted by Gasteiger charge is -2.10. The number of carbonyl (C=O) groups excluding carboxylic acids is 2. The molecule has 0 aromatic carbocycles. The number of aromatic nitrogens is 2. The van der Waals surface area contributed by atoms with Gasteiger partial charge in [0, 0.05) is 13.2 Å². The first-order valence-corrected chi connectivity index (χ1v) is 9.56. The summed E-state index contributed by atoms with van der Waals surface area (Å²) in [6.07, 6.45) is 1.79. The van der Waals surface area contributed by atoms with Gasteiger partial charge in [-0.05, 0) is 45.5 Å². The van der Waals surface area contributed by atoms with Gasteiger partial charge in [-0.1, -0.05) is 0 Å². The molecule has 0 aliphatic rings. The van der Waals surface area contributed by atoms with Crippen molar-refractivity contribution in [2.45, 2.75) is 27.7 Å². The Morgan fingerprint density at radius 1 is 1.19 bits per heavy atom. The van der Waals surface area contributed by atoms with Crippen LogP contribution in [0.4, 0.5) is 10.7 Å². The molecule has 0 saturated heterocycles. The van der Waals surface area contributed by atoms with Crippen LogP contribution in [0.2, 0.25) is 0 Å². The minimum Gasteiger partial charge on any atom is -0.462 e. The van der Waals surface area contributed by atoms with Gasteiger partial charge < -0.3 is 20.1 Å². The summed E-state index contributed by atoms with van der Waals surface area (Å²) in [7, 11) is 1.81. The fraction of sp³-hybridized carbons (Fsp3) is 0.412. The highest BCUT2D eigenvalue weighted by Gasteiger charge is 2.27. The normalized spacial score (nSPS) is 10.4. The Kier molecular flexibility index (Phi) is 6.92. The number of aryl methyl sites for hydroxylation is 2. The molecule has 2 aromatic heterocycles. The Balaban J connectivity index is 2.31. The van der Waals surface area contributed by atoms with Crippen molar-refractivity contribution in [1.82, 2.24) is 9.78 Å². The molecule has 0 aliphatic carbocycles. The molecule has 0 radical (unpaired) electrons. The van der Waals surface area contributed by atoms with Gasteiger partial charge in [0.2, 0.25) is 0 Å². The van der Waals surface area contributed by atoms with Crippen LogP contribution in [0.15, 0.2) is 6.20 Å². The topological polar surface area (TPSA) is 94.5 Å². The number of thiocarbonyl (C=S) groups is 1. The number of rotatable bonds is 6. The zero-order valence-corrected chi connectivity index (χ0v) is 17.5. The molecule has 146 valence electrons. The lowest BCUT2D eigenvalue weighted by atomic mass is 10.1. The zero-order chi connectivity index (χ0) is 20.1. The summed E-state index contributed by atoms with van der Waals surface area (Å²) in [5.74, 6) is -1.01. The molecule has 0 saturated carbocycles. The second-order valence-electron chi connectivity index (χ2n) is 5.58. The molecule has 2 N–H and O–H groups in total. The van der Waals surface area contributed by atoms with Crippen LogP contribution in [0, 0.1) is 13.8 Å². The van der Waals surface area contributed by atoms with Gasteiger partial charge in [0.15, 0.2) is 5.11 Å². The highest BCUT2D eigenvalue weighted by atomic mass is 32.1. The van der Waals surface area contributed by atoms with Crippen molar-refractivity contribution in [2.24, 2.45) is 7.05 Å². The number of anilines is 2. The number of nitrogens with one attached hydrogen (secondary N) is 2. The van der Waals surface area contributed by atoms with Crippen molar-refractivity contribution in [3.8, 4) is 0 Å². The molecule has 0 amide bonds. The molecule has 10 heteroatoms. The van der Waals surface area contributed by atoms with Crippen molar-refractivity contribution in [1.29, 1.82) is 0 Å². The second-order valence-corrected chi connectivity index (χ2v) is 7.01. The fourth-order valence-corrected chi connectivity index (χ4v) is 3.79. The number of nitrogens with zero attached hydrogens (tertiary/aromatic N) is 2. The molecule has 0 fully saturated rings. The van der Waals surface area contributed by atoms with E-state index in [2.05, 4.69) is 15.7 Å². The number of hydrogen-bond donors (Lipinski definition) is 2. The summed E-state index contributed by atoms with van der Waals surface area (Å²) in [6, 6.07) is 0. The summed E-state index contributed by atoms with van der Waals surface area (Å²) in [4.78, 5) is 24.9. The summed E-state index contributed by atoms with van der Waals surface area (Å²) in [5.41, 5.74) is 2.30. The molecule has 0 unspecified atom stereocenters. The van der Waals surface area contributed by atoms with Gasteiger partial charge in [0.1, 0.15) is 9.88 Å². The quantitative estimate of drug-likeness (QED) is 0.554. The van der Waals surface area contributed by atoms with Crippen LogP contribution in [0.25, 0.3) is 0 Å². The molecule has 27 heavy (non-hydrogen) atoms. The molecule has 0 spiro atoms. The largest absolute Gasteiger partial charge is 0.462 e. The molecule has 0 bridgehead atoms. The second kappa shape index (κ2) is 8.96. The van der Waals surface area contributed by atoms with Crippen molar-refractivity contribution >= 4 is 51.3 Å². The smallest absolute Gasteiger partial charge is 0.348 e. The third kappa shape index (κ3) is 4.83. The van der Waals surface area contributed by atoms with Crippen LogP contribution in [0.3, 0.4) is 0 Å². The van der Waals surface area contributed by atoms with Crippen LogP contribution in [-0.4, -0.2) is 40.0 Å². The predicted molar refractivity (Wildman–Crippen MR) is 109 cm³/mol. The maximum Gasteiger partial charge on any atom is 0.348 e. The Morgan fingerprint density at radius 3 is 2.37 bits per heavy atom. The van der Waals surface area contributed by atoms with E-state index in [4.69, 9.17) is 21.7 Å². The van der Waals surface area contributed by atoms with E-state index < -0.39 is 11.9 Å². The zero-order valence-electron chi connectivity index (χ0n) is 15.8. The minimum absolute atomic E-state index is 0.222. The van der Waals surface area contributed by atoms with Crippen molar-refractivity contribution in [3.63, 3.8) is 0 Å². The van der Waals surface area contributed by atoms with Gasteiger partial charge in [-0.3, -0.25) is 4.68 Å². The van der Waals surface area contributed by atoms with Gasteiger partial charge >= 0.3 is 11.9 Å². The Hall–Kier alpha value is -2.46. The van der Waals surface area contributed by atoms with E-state index in [9.17, 15) is 9.59 Å². The van der Waals surface area contributed by atoms with E-state index in [1.54, 1.807) is 31.6 Å². The molecular formula is C17H22N4O4S2. The number of carbonyl (C=O) groups is 2. The van der Waals surface area contributed by atoms with Crippen LogP contribution >= 0.6 is 23.6 Å². The van der Waals surface area contributed by atoms with Crippen LogP contribution < -0.4 is 10.6 Å². The number of thiophene rings is 1. The standard InChI is InChI=1S/C17H22N4O4S2/c1-6-24-15(22)12-9(3)13(16(23)25-7-2)27-14(12)19-17(26)18-11-8-21(5)20-10(11)4/h8H,6-7H2,1-5H3,(H2,18,19,26). The summed E-state index contributed by atoms with van der Waals surface area (Å²) < 4.78 is 11.9. The van der Waals surface area contributed by atoms with Crippen LogP contribution in [0.1, 0.15) is 45.1 Å². The first-order chi connectivity index (χ1) is 12.8. The molecular weight excluding hydrogens is 388 g/mol. The molecule has 2 rings (SSSR count). The van der Waals surface area contributed by atoms with Crippen molar-refractivity contribution in [2.75, 3.05) is 23.8 Å². The lowest BCUT2D eigenvalue weighted by Crippen LogP contribution is -2.20. The van der Waals surface area contributed by atoms with Gasteiger partial charge in [0.05, 0.1) is 30.2 Å². The summed E-state index contributed by atoms with van der Waals surface area (Å²) >= 11 is 6.45. The van der Waals surface area contributed by atoms with E-state index in [-0.39, 0.29) is 23.9 Å². The van der Waals surface area contributed by atoms with E-state index in [0.29, 0.717) is 15.4 Å². The Labute approximate surface area is 166 Å². The number of ether oxygens (including phenoxy) is 2. The average molecular weight is 411 g/mol. The summed E-state index contributed by atoms with van der Waals surface area (Å²) in [6.45, 7) is 7.44. The van der Waals surface area contributed by atoms with E-state index in [0.717, 1.165) is 22.7 Å². The van der Waals surface area contributed by atoms with Crippen LogP contribution in [-0.2, 0) is 16.5 Å². The molecule has 8 nitrogen and oxygen atoms in total. The minimum atomic E-state index is -0.523. The number of hydrogen-bond acceptors (Lipinski definition) is 7. The van der Waals surface area contributed by atoms with Gasteiger partial charge in [-0.2, -0.15) is 5.10 Å². The van der Waals surface area contributed by atoms with E-state index in [1.165, 1.54) is 0 Å². The van der Waals surface area contributed by atoms with Gasteiger partial charge in [-0.15, -0.1) is 11.3 Å².